The number of hydrogen-bond donors (Lipinski definition) is 3. The summed E-state index contributed by atoms with van der Waals surface area (Å²) >= 11 is 6.99. The molecule has 3 N–H and O–H groups in total. The number of para-hydroxylation sites is 2. The highest BCUT2D eigenvalue weighted by molar-refractivity contribution is 7.99. The molecule has 12 heteroatoms. The first-order valence-electron chi connectivity index (χ1n) is 8.85. The van der Waals surface area contributed by atoms with Gasteiger partial charge < -0.3 is 19.9 Å². The van der Waals surface area contributed by atoms with Crippen molar-refractivity contribution in [1.29, 1.82) is 0 Å². The van der Waals surface area contributed by atoms with Crippen LogP contribution < -0.4 is 0 Å². The maximum absolute atomic E-state index is 13.5. The van der Waals surface area contributed by atoms with E-state index in [2.05, 4.69) is 15.0 Å². The fourth-order valence-electron chi connectivity index (χ4n) is 3.19. The number of aromatic nitrogens is 4. The second-order valence-corrected chi connectivity index (χ2v) is 8.00. The van der Waals surface area contributed by atoms with E-state index in [1.54, 1.807) is 10.6 Å². The SMILES string of the molecule is OCC(CSc1c(Cl)c(C(F)(F)F)cc2c(O)nc(O)nc12)n1cnc2ccccc21. The molecule has 31 heavy (non-hydrogen) atoms. The van der Waals surface area contributed by atoms with Crippen molar-refractivity contribution in [2.24, 2.45) is 0 Å². The van der Waals surface area contributed by atoms with E-state index < -0.39 is 34.7 Å². The number of rotatable bonds is 5. The summed E-state index contributed by atoms with van der Waals surface area (Å²) in [5, 5.41) is 28.6. The van der Waals surface area contributed by atoms with Gasteiger partial charge in [-0.1, -0.05) is 23.7 Å². The molecule has 4 rings (SSSR count). The van der Waals surface area contributed by atoms with Crippen molar-refractivity contribution < 1.29 is 28.5 Å². The van der Waals surface area contributed by atoms with Crippen molar-refractivity contribution in [3.05, 3.63) is 47.2 Å². The van der Waals surface area contributed by atoms with Gasteiger partial charge in [0, 0.05) is 5.75 Å². The van der Waals surface area contributed by atoms with Crippen LogP contribution in [-0.4, -0.2) is 47.2 Å². The molecule has 0 aliphatic rings. The van der Waals surface area contributed by atoms with Crippen LogP contribution in [0.3, 0.4) is 0 Å². The number of benzene rings is 2. The minimum Gasteiger partial charge on any atom is -0.493 e. The molecule has 1 unspecified atom stereocenters. The van der Waals surface area contributed by atoms with Crippen LogP contribution in [0.25, 0.3) is 21.9 Å². The number of aromatic hydroxyl groups is 2. The quantitative estimate of drug-likeness (QED) is 0.371. The minimum absolute atomic E-state index is 0.0950. The first-order chi connectivity index (χ1) is 14.7. The number of hydrogen-bond acceptors (Lipinski definition) is 7. The Morgan fingerprint density at radius 3 is 2.61 bits per heavy atom. The highest BCUT2D eigenvalue weighted by atomic mass is 35.5. The molecule has 2 heterocycles. The van der Waals surface area contributed by atoms with E-state index in [0.29, 0.717) is 11.6 Å². The Kier molecular flexibility index (Phi) is 5.58. The fraction of sp³-hybridized carbons (Fsp3) is 0.211. The van der Waals surface area contributed by atoms with Crippen LogP contribution in [0.1, 0.15) is 11.6 Å². The van der Waals surface area contributed by atoms with E-state index >= 15 is 0 Å². The van der Waals surface area contributed by atoms with Gasteiger partial charge in [-0.2, -0.15) is 23.1 Å². The first kappa shape index (κ1) is 21.5. The third kappa shape index (κ3) is 3.95. The highest BCUT2D eigenvalue weighted by Crippen LogP contribution is 2.45. The fourth-order valence-corrected chi connectivity index (χ4v) is 4.76. The molecule has 162 valence electrons. The van der Waals surface area contributed by atoms with E-state index in [4.69, 9.17) is 11.6 Å². The third-order valence-corrected chi connectivity index (χ3v) is 6.41. The average Bonchev–Trinajstić information content (AvgIpc) is 3.13. The van der Waals surface area contributed by atoms with Crippen molar-refractivity contribution in [3.8, 4) is 11.9 Å². The van der Waals surface area contributed by atoms with Crippen LogP contribution in [-0.2, 0) is 6.18 Å². The molecule has 0 amide bonds. The number of nitrogens with zero attached hydrogens (tertiary/aromatic N) is 4. The van der Waals surface area contributed by atoms with Gasteiger partial charge >= 0.3 is 12.2 Å². The third-order valence-electron chi connectivity index (χ3n) is 4.66. The number of aliphatic hydroxyl groups excluding tert-OH is 1. The van der Waals surface area contributed by atoms with Gasteiger partial charge in [0.25, 0.3) is 0 Å². The lowest BCUT2D eigenvalue weighted by Crippen LogP contribution is -2.15. The van der Waals surface area contributed by atoms with Crippen molar-refractivity contribution in [3.63, 3.8) is 0 Å². The Morgan fingerprint density at radius 1 is 1.16 bits per heavy atom. The first-order valence-corrected chi connectivity index (χ1v) is 10.2. The smallest absolute Gasteiger partial charge is 0.417 e. The Bertz CT molecular complexity index is 1280. The predicted molar refractivity (Wildman–Crippen MR) is 109 cm³/mol. The van der Waals surface area contributed by atoms with E-state index in [1.807, 2.05) is 18.2 Å². The lowest BCUT2D eigenvalue weighted by molar-refractivity contribution is -0.137. The van der Waals surface area contributed by atoms with Crippen LogP contribution in [0.4, 0.5) is 13.2 Å². The van der Waals surface area contributed by atoms with Crippen molar-refractivity contribution in [2.75, 3.05) is 12.4 Å². The summed E-state index contributed by atoms with van der Waals surface area (Å²) in [5.41, 5.74) is 0.165. The summed E-state index contributed by atoms with van der Waals surface area (Å²) in [6.45, 7) is -0.312. The molecule has 0 bridgehead atoms. The molecule has 0 saturated carbocycles. The van der Waals surface area contributed by atoms with Crippen LogP contribution in [0.2, 0.25) is 5.02 Å². The summed E-state index contributed by atoms with van der Waals surface area (Å²) in [4.78, 5) is 11.2. The van der Waals surface area contributed by atoms with Gasteiger partial charge in [0.2, 0.25) is 5.88 Å². The van der Waals surface area contributed by atoms with Gasteiger partial charge in [-0.25, -0.2) is 4.98 Å². The van der Waals surface area contributed by atoms with E-state index in [-0.39, 0.29) is 28.2 Å². The summed E-state index contributed by atoms with van der Waals surface area (Å²) in [5.74, 6) is -0.691. The summed E-state index contributed by atoms with van der Waals surface area (Å²) < 4.78 is 42.3. The summed E-state index contributed by atoms with van der Waals surface area (Å²) in [7, 11) is 0. The number of imidazole rings is 1. The number of alkyl halides is 3. The monoisotopic (exact) mass is 470 g/mol. The summed E-state index contributed by atoms with van der Waals surface area (Å²) in [6.07, 6.45) is -3.25. The molecule has 0 radical (unpaired) electrons. The maximum Gasteiger partial charge on any atom is 0.417 e. The lowest BCUT2D eigenvalue weighted by Gasteiger charge is -2.19. The number of thioether (sulfide) groups is 1. The van der Waals surface area contributed by atoms with Crippen molar-refractivity contribution in [1.82, 2.24) is 19.5 Å². The Morgan fingerprint density at radius 2 is 1.90 bits per heavy atom. The molecule has 4 aromatic rings. The summed E-state index contributed by atoms with van der Waals surface area (Å²) in [6, 6.07) is 6.53. The standard InChI is InChI=1S/C19H14ClF3N4O3S/c20-14-11(19(21,22)23)5-10-15(25-18(30)26-17(10)29)16(14)31-7-9(6-28)27-8-24-12-3-1-2-4-13(12)27/h1-5,8-9,28H,6-7H2,(H2,25,26,29,30). The van der Waals surface area contributed by atoms with Crippen molar-refractivity contribution in [2.45, 2.75) is 17.1 Å². The van der Waals surface area contributed by atoms with Gasteiger partial charge in [-0.15, -0.1) is 11.8 Å². The minimum atomic E-state index is -4.79. The van der Waals surface area contributed by atoms with E-state index in [1.165, 1.54) is 6.33 Å². The molecular weight excluding hydrogens is 457 g/mol. The number of halogens is 4. The van der Waals surface area contributed by atoms with Gasteiger partial charge in [-0.05, 0) is 18.2 Å². The average molecular weight is 471 g/mol. The molecule has 0 spiro atoms. The maximum atomic E-state index is 13.5. The zero-order valence-corrected chi connectivity index (χ0v) is 17.1. The molecule has 0 aliphatic heterocycles. The molecule has 1 atom stereocenters. The van der Waals surface area contributed by atoms with Crippen LogP contribution in [0.15, 0.2) is 41.6 Å². The normalized spacial score (nSPS) is 13.2. The van der Waals surface area contributed by atoms with Gasteiger partial charge in [0.05, 0.1) is 56.4 Å². The molecule has 0 fully saturated rings. The van der Waals surface area contributed by atoms with Gasteiger partial charge in [-0.3, -0.25) is 0 Å². The second-order valence-electron chi connectivity index (χ2n) is 6.60. The number of fused-ring (bicyclic) bond motifs is 2. The Balaban J connectivity index is 1.79. The highest BCUT2D eigenvalue weighted by Gasteiger charge is 2.36. The zero-order chi connectivity index (χ0) is 22.3. The Hall–Kier alpha value is -2.76. The molecule has 0 saturated heterocycles. The zero-order valence-electron chi connectivity index (χ0n) is 15.5. The number of aliphatic hydroxyl groups is 1. The second kappa shape index (κ2) is 8.06. The molecular formula is C19H14ClF3N4O3S. The molecule has 0 aliphatic carbocycles. The van der Waals surface area contributed by atoms with E-state index in [9.17, 15) is 28.5 Å². The van der Waals surface area contributed by atoms with Crippen LogP contribution in [0, 0.1) is 0 Å². The largest absolute Gasteiger partial charge is 0.493 e. The predicted octanol–water partition coefficient (Wildman–Crippen LogP) is 4.39. The molecule has 2 aromatic carbocycles. The van der Waals surface area contributed by atoms with Gasteiger partial charge in [0.15, 0.2) is 0 Å². The molecule has 7 nitrogen and oxygen atoms in total. The Labute approximate surface area is 182 Å². The van der Waals surface area contributed by atoms with E-state index in [0.717, 1.165) is 17.3 Å². The van der Waals surface area contributed by atoms with Crippen LogP contribution >= 0.6 is 23.4 Å². The lowest BCUT2D eigenvalue weighted by atomic mass is 10.1. The van der Waals surface area contributed by atoms with Crippen molar-refractivity contribution >= 4 is 45.3 Å². The molecule has 2 aromatic heterocycles. The van der Waals surface area contributed by atoms with Gasteiger partial charge in [0.1, 0.15) is 0 Å². The van der Waals surface area contributed by atoms with Crippen LogP contribution in [0.5, 0.6) is 11.9 Å². The topological polar surface area (TPSA) is 104 Å².